The lowest BCUT2D eigenvalue weighted by atomic mass is 9.88. The maximum Gasteiger partial charge on any atom is 0.224 e. The van der Waals surface area contributed by atoms with Gasteiger partial charge in [0, 0.05) is 29.4 Å². The van der Waals surface area contributed by atoms with Crippen LogP contribution in [0.25, 0.3) is 11.1 Å². The number of anilines is 2. The van der Waals surface area contributed by atoms with Gasteiger partial charge in [0.2, 0.25) is 5.91 Å². The number of aryl methyl sites for hydroxylation is 1. The zero-order valence-electron chi connectivity index (χ0n) is 16.9. The van der Waals surface area contributed by atoms with Gasteiger partial charge in [-0.1, -0.05) is 47.5 Å². The summed E-state index contributed by atoms with van der Waals surface area (Å²) < 4.78 is 0. The number of carbonyl (C=O) groups is 1. The van der Waals surface area contributed by atoms with E-state index in [1.165, 1.54) is 11.1 Å². The maximum atomic E-state index is 12.4. The molecule has 3 aromatic rings. The highest BCUT2D eigenvalue weighted by Crippen LogP contribution is 2.41. The Hall–Kier alpha value is -2.78. The highest BCUT2D eigenvalue weighted by Gasteiger charge is 2.32. The monoisotopic (exact) mass is 404 g/mol. The molecule has 0 spiro atoms. The Labute approximate surface area is 177 Å². The molecule has 0 aliphatic carbocycles. The van der Waals surface area contributed by atoms with Gasteiger partial charge >= 0.3 is 0 Å². The van der Waals surface area contributed by atoms with Crippen LogP contribution in [-0.4, -0.2) is 11.9 Å². The highest BCUT2D eigenvalue weighted by atomic mass is 35.5. The van der Waals surface area contributed by atoms with Gasteiger partial charge in [-0.25, -0.2) is 0 Å². The molecule has 1 aliphatic heterocycles. The number of hydrogen-bond donors (Lipinski definition) is 1. The van der Waals surface area contributed by atoms with E-state index in [0.29, 0.717) is 0 Å². The summed E-state index contributed by atoms with van der Waals surface area (Å²) in [6.45, 7) is 5.85. The van der Waals surface area contributed by atoms with Crippen LogP contribution in [0, 0.1) is 6.92 Å². The predicted octanol–water partition coefficient (Wildman–Crippen LogP) is 6.61. The number of benzene rings is 3. The van der Waals surface area contributed by atoms with Crippen LogP contribution >= 0.6 is 11.6 Å². The molecule has 3 nitrogen and oxygen atoms in total. The van der Waals surface area contributed by atoms with Gasteiger partial charge in [-0.15, -0.1) is 0 Å². The number of nitrogens with zero attached hydrogens (tertiary/aromatic N) is 1. The molecule has 0 unspecified atom stereocenters. The number of amides is 1. The lowest BCUT2D eigenvalue weighted by Crippen LogP contribution is -2.43. The fraction of sp³-hybridized carbons (Fsp3) is 0.240. The first kappa shape index (κ1) is 19.5. The van der Waals surface area contributed by atoms with E-state index in [2.05, 4.69) is 61.6 Å². The van der Waals surface area contributed by atoms with E-state index in [1.54, 1.807) is 6.92 Å². The number of hydrogen-bond acceptors (Lipinski definition) is 2. The molecule has 0 bridgehead atoms. The van der Waals surface area contributed by atoms with E-state index in [-0.39, 0.29) is 18.0 Å². The van der Waals surface area contributed by atoms with Crippen LogP contribution in [0.3, 0.4) is 0 Å². The first-order valence-corrected chi connectivity index (χ1v) is 10.3. The Balaban J connectivity index is 1.78. The molecule has 1 aliphatic rings. The Kier molecular flexibility index (Phi) is 5.33. The number of carbonyl (C=O) groups excluding carboxylic acids is 1. The lowest BCUT2D eigenvalue weighted by molar-refractivity contribution is -0.117. The van der Waals surface area contributed by atoms with Crippen LogP contribution in [0.2, 0.25) is 5.02 Å². The van der Waals surface area contributed by atoms with Crippen molar-refractivity contribution in [3.8, 4) is 11.1 Å². The average Bonchev–Trinajstić information content (AvgIpc) is 2.69. The minimum atomic E-state index is 0.0759. The van der Waals surface area contributed by atoms with E-state index < -0.39 is 0 Å². The molecule has 1 heterocycles. The number of fused-ring (bicyclic) bond motifs is 1. The van der Waals surface area contributed by atoms with E-state index in [0.717, 1.165) is 33.9 Å². The Morgan fingerprint density at radius 2 is 1.76 bits per heavy atom. The Morgan fingerprint density at radius 1 is 1.03 bits per heavy atom. The summed E-state index contributed by atoms with van der Waals surface area (Å²) in [6.07, 6.45) is 0.840. The van der Waals surface area contributed by atoms with Gasteiger partial charge in [-0.2, -0.15) is 0 Å². The second kappa shape index (κ2) is 7.92. The smallest absolute Gasteiger partial charge is 0.224 e. The van der Waals surface area contributed by atoms with Crippen LogP contribution in [-0.2, 0) is 4.79 Å². The van der Waals surface area contributed by atoms with E-state index in [4.69, 9.17) is 11.6 Å². The van der Waals surface area contributed by atoms with Crippen molar-refractivity contribution >= 4 is 28.9 Å². The van der Waals surface area contributed by atoms with Gasteiger partial charge in [-0.05, 0) is 73.4 Å². The third-order valence-corrected chi connectivity index (χ3v) is 5.81. The standard InChI is InChI=1S/C25H25ClN2O/c1-16-5-4-6-19(13-16)20-7-12-25-23(15-20)24(14-17(2)28(25)18(3)29)27-22-10-8-21(26)9-11-22/h4-13,15,17,24,27H,14H2,1-3H3/t17-,24+/m0/s1. The molecule has 2 atom stereocenters. The molecule has 0 saturated carbocycles. The van der Waals surface area contributed by atoms with Gasteiger partial charge in [0.15, 0.2) is 0 Å². The Bertz CT molecular complexity index is 1040. The topological polar surface area (TPSA) is 32.3 Å². The molecule has 4 heteroatoms. The van der Waals surface area contributed by atoms with Crippen LogP contribution in [0.4, 0.5) is 11.4 Å². The van der Waals surface area contributed by atoms with E-state index in [9.17, 15) is 4.79 Å². The molecule has 29 heavy (non-hydrogen) atoms. The third-order valence-electron chi connectivity index (χ3n) is 5.56. The molecule has 0 saturated heterocycles. The predicted molar refractivity (Wildman–Crippen MR) is 122 cm³/mol. The second-order valence-electron chi connectivity index (χ2n) is 7.82. The van der Waals surface area contributed by atoms with Gasteiger partial charge in [0.1, 0.15) is 0 Å². The normalized spacial score (nSPS) is 18.3. The minimum absolute atomic E-state index is 0.0759. The quantitative estimate of drug-likeness (QED) is 0.532. The molecule has 1 amide bonds. The van der Waals surface area contributed by atoms with Crippen LogP contribution in [0.1, 0.15) is 37.4 Å². The van der Waals surface area contributed by atoms with Crippen LogP contribution in [0.15, 0.2) is 66.7 Å². The molecule has 1 N–H and O–H groups in total. The average molecular weight is 405 g/mol. The molecule has 148 valence electrons. The van der Waals surface area contributed by atoms with Crippen molar-refractivity contribution in [2.75, 3.05) is 10.2 Å². The SMILES string of the molecule is CC(=O)N1c2ccc(-c3cccc(C)c3)cc2[C@H](Nc2ccc(Cl)cc2)C[C@@H]1C. The van der Waals surface area contributed by atoms with Gasteiger partial charge in [0.05, 0.1) is 6.04 Å². The zero-order valence-corrected chi connectivity index (χ0v) is 17.7. The van der Waals surface area contributed by atoms with Crippen molar-refractivity contribution < 1.29 is 4.79 Å². The molecular weight excluding hydrogens is 380 g/mol. The van der Waals surface area contributed by atoms with Gasteiger partial charge < -0.3 is 10.2 Å². The maximum absolute atomic E-state index is 12.4. The molecule has 0 aromatic heterocycles. The minimum Gasteiger partial charge on any atom is -0.378 e. The van der Waals surface area contributed by atoms with Crippen molar-refractivity contribution in [2.45, 2.75) is 39.3 Å². The van der Waals surface area contributed by atoms with Crippen LogP contribution < -0.4 is 10.2 Å². The van der Waals surface area contributed by atoms with Crippen LogP contribution in [0.5, 0.6) is 0 Å². The summed E-state index contributed by atoms with van der Waals surface area (Å²) in [6, 6.07) is 22.9. The number of nitrogens with one attached hydrogen (secondary N) is 1. The summed E-state index contributed by atoms with van der Waals surface area (Å²) in [4.78, 5) is 14.3. The fourth-order valence-corrected chi connectivity index (χ4v) is 4.36. The number of rotatable bonds is 3. The van der Waals surface area contributed by atoms with E-state index >= 15 is 0 Å². The first-order valence-electron chi connectivity index (χ1n) is 9.95. The fourth-order valence-electron chi connectivity index (χ4n) is 4.23. The van der Waals surface area contributed by atoms with Crippen molar-refractivity contribution in [1.29, 1.82) is 0 Å². The summed E-state index contributed by atoms with van der Waals surface area (Å²) in [5, 5.41) is 4.37. The van der Waals surface area contributed by atoms with E-state index in [1.807, 2.05) is 29.2 Å². The van der Waals surface area contributed by atoms with Crippen molar-refractivity contribution in [3.05, 3.63) is 82.9 Å². The summed E-state index contributed by atoms with van der Waals surface area (Å²) in [7, 11) is 0. The zero-order chi connectivity index (χ0) is 20.5. The van der Waals surface area contributed by atoms with Crippen molar-refractivity contribution in [3.63, 3.8) is 0 Å². The molecule has 0 fully saturated rings. The molecule has 4 rings (SSSR count). The third kappa shape index (κ3) is 4.01. The lowest BCUT2D eigenvalue weighted by Gasteiger charge is -2.39. The Morgan fingerprint density at radius 3 is 2.45 bits per heavy atom. The summed E-state index contributed by atoms with van der Waals surface area (Å²) in [5.74, 6) is 0.0759. The number of halogens is 1. The highest BCUT2D eigenvalue weighted by molar-refractivity contribution is 6.30. The summed E-state index contributed by atoms with van der Waals surface area (Å²) >= 11 is 6.04. The molecule has 3 aromatic carbocycles. The largest absolute Gasteiger partial charge is 0.378 e. The van der Waals surface area contributed by atoms with Crippen molar-refractivity contribution in [2.24, 2.45) is 0 Å². The van der Waals surface area contributed by atoms with Crippen molar-refractivity contribution in [1.82, 2.24) is 0 Å². The molecular formula is C25H25ClN2O. The van der Waals surface area contributed by atoms with Gasteiger partial charge in [0.25, 0.3) is 0 Å². The molecule has 0 radical (unpaired) electrons. The van der Waals surface area contributed by atoms with Gasteiger partial charge in [-0.3, -0.25) is 4.79 Å². The summed E-state index contributed by atoms with van der Waals surface area (Å²) in [5.41, 5.74) is 6.73. The first-order chi connectivity index (χ1) is 13.9. The second-order valence-corrected chi connectivity index (χ2v) is 8.26.